The van der Waals surface area contributed by atoms with Crippen molar-refractivity contribution < 1.29 is 23.6 Å². The molecule has 2 aromatic rings. The van der Waals surface area contributed by atoms with Crippen molar-refractivity contribution in [2.75, 3.05) is 19.8 Å². The second-order valence-electron chi connectivity index (χ2n) is 7.74. The summed E-state index contributed by atoms with van der Waals surface area (Å²) >= 11 is 0. The Morgan fingerprint density at radius 1 is 1.07 bits per heavy atom. The lowest BCUT2D eigenvalue weighted by Crippen LogP contribution is -2.71. The normalized spacial score (nSPS) is 32.2. The van der Waals surface area contributed by atoms with Gasteiger partial charge in [-0.1, -0.05) is 47.9 Å². The number of fused-ring (bicyclic) bond motifs is 1. The average Bonchev–Trinajstić information content (AvgIpc) is 3.07. The molecule has 2 saturated heterocycles. The maximum atomic E-state index is 12.7. The van der Waals surface area contributed by atoms with Crippen LogP contribution in [-0.4, -0.2) is 54.1 Å². The van der Waals surface area contributed by atoms with Gasteiger partial charge < -0.3 is 24.1 Å². The smallest absolute Gasteiger partial charge is 0.504 e. The van der Waals surface area contributed by atoms with Crippen LogP contribution in [-0.2, 0) is 9.31 Å². The van der Waals surface area contributed by atoms with Gasteiger partial charge in [-0.25, -0.2) is 0 Å². The number of benzene rings is 2. The molecule has 2 aliphatic rings. The van der Waals surface area contributed by atoms with E-state index >= 15 is 0 Å². The van der Waals surface area contributed by atoms with Gasteiger partial charge in [0.05, 0.1) is 30.9 Å². The lowest BCUT2D eigenvalue weighted by molar-refractivity contribution is -0.824. The fraction of sp³-hybridized carbons (Fsp3) is 0.350. The molecule has 0 spiro atoms. The molecule has 0 aliphatic carbocycles. The Morgan fingerprint density at radius 3 is 2.30 bits per heavy atom. The van der Waals surface area contributed by atoms with Crippen LogP contribution >= 0.6 is 0 Å². The Balaban J connectivity index is 1.64. The first kappa shape index (κ1) is 18.0. The van der Waals surface area contributed by atoms with Gasteiger partial charge in [-0.15, -0.1) is 0 Å². The highest BCUT2D eigenvalue weighted by Gasteiger charge is 2.63. The fourth-order valence-electron chi connectivity index (χ4n) is 4.79. The highest BCUT2D eigenvalue weighted by Crippen LogP contribution is 2.39. The van der Waals surface area contributed by atoms with E-state index in [9.17, 15) is 9.90 Å². The number of para-hydroxylation sites is 1. The van der Waals surface area contributed by atoms with Gasteiger partial charge >= 0.3 is 6.69 Å². The third kappa shape index (κ3) is 2.92. The number of rotatable bonds is 4. The van der Waals surface area contributed by atoms with Crippen LogP contribution in [0.5, 0.6) is 5.75 Å². The highest BCUT2D eigenvalue weighted by molar-refractivity contribution is 6.75. The second-order valence-corrected chi connectivity index (χ2v) is 7.74. The van der Waals surface area contributed by atoms with E-state index in [4.69, 9.17) is 9.31 Å². The molecule has 7 heteroatoms. The SMILES string of the molecule is C[C@@H]1C[N+]2(CNC(=O)c3ccccc3O)C[C@@H](C)O[B-]2(c2ccccc2)O1. The number of aromatic hydroxyl groups is 1. The zero-order valence-electron chi connectivity index (χ0n) is 15.7. The molecule has 4 rings (SSSR count). The molecule has 2 N–H and O–H groups in total. The average molecular weight is 368 g/mol. The molecule has 0 saturated carbocycles. The van der Waals surface area contributed by atoms with Gasteiger partial charge in [0.15, 0.2) is 0 Å². The van der Waals surface area contributed by atoms with Crippen LogP contribution < -0.4 is 10.8 Å². The van der Waals surface area contributed by atoms with Crippen molar-refractivity contribution in [2.24, 2.45) is 0 Å². The first-order chi connectivity index (χ1) is 13.0. The minimum absolute atomic E-state index is 0.0214. The first-order valence-electron chi connectivity index (χ1n) is 9.43. The van der Waals surface area contributed by atoms with Gasteiger partial charge in [-0.05, 0) is 26.0 Å². The van der Waals surface area contributed by atoms with Crippen LogP contribution in [0.4, 0.5) is 0 Å². The van der Waals surface area contributed by atoms with Gasteiger partial charge in [0.1, 0.15) is 12.4 Å². The summed E-state index contributed by atoms with van der Waals surface area (Å²) in [4.78, 5) is 12.7. The lowest BCUT2D eigenvalue weighted by Gasteiger charge is -2.46. The molecular formula is C20H25BN2O4. The summed E-state index contributed by atoms with van der Waals surface area (Å²) in [6.45, 7) is 4.25. The number of phenols is 1. The third-order valence-corrected chi connectivity index (χ3v) is 5.72. The molecule has 2 atom stereocenters. The number of hydrogen-bond acceptors (Lipinski definition) is 4. The van der Waals surface area contributed by atoms with Crippen LogP contribution in [0.25, 0.3) is 0 Å². The van der Waals surface area contributed by atoms with E-state index < -0.39 is 6.69 Å². The summed E-state index contributed by atoms with van der Waals surface area (Å²) < 4.78 is 13.3. The highest BCUT2D eigenvalue weighted by atomic mass is 16.7. The van der Waals surface area contributed by atoms with Gasteiger partial charge in [0, 0.05) is 0 Å². The minimum Gasteiger partial charge on any atom is -0.507 e. The molecular weight excluding hydrogens is 343 g/mol. The zero-order valence-corrected chi connectivity index (χ0v) is 15.7. The molecule has 27 heavy (non-hydrogen) atoms. The summed E-state index contributed by atoms with van der Waals surface area (Å²) in [5, 5.41) is 13.0. The maximum Gasteiger partial charge on any atom is 0.504 e. The Kier molecular flexibility index (Phi) is 4.46. The quantitative estimate of drug-likeness (QED) is 0.805. The predicted octanol–water partition coefficient (Wildman–Crippen LogP) is 1.58. The van der Waals surface area contributed by atoms with E-state index in [1.807, 2.05) is 44.2 Å². The number of carbonyl (C=O) groups is 1. The number of amides is 1. The molecule has 0 bridgehead atoms. The van der Waals surface area contributed by atoms with E-state index in [2.05, 4.69) is 5.32 Å². The standard InChI is InChI=1S/C20H25BN2O4/c1-15-12-23(14-22-20(25)18-10-6-7-11-19(18)24)13-16(2)27-21(23,26-15)17-8-4-3-5-9-17/h3-11,15-16,24H,12-14H2,1-2H3,(H,22,25)/t15-,16-,21?,23?/m1/s1. The van der Waals surface area contributed by atoms with Gasteiger partial charge in [0.2, 0.25) is 0 Å². The molecule has 0 aromatic heterocycles. The van der Waals surface area contributed by atoms with Crippen molar-refractivity contribution in [3.8, 4) is 5.75 Å². The summed E-state index contributed by atoms with van der Waals surface area (Å²) in [6, 6.07) is 16.6. The van der Waals surface area contributed by atoms with Crippen molar-refractivity contribution in [1.29, 1.82) is 0 Å². The summed E-state index contributed by atoms with van der Waals surface area (Å²) in [5.74, 6) is -0.315. The number of hydrogen-bond donors (Lipinski definition) is 2. The van der Waals surface area contributed by atoms with Crippen molar-refractivity contribution in [1.82, 2.24) is 5.32 Å². The van der Waals surface area contributed by atoms with Crippen LogP contribution in [0.3, 0.4) is 0 Å². The maximum absolute atomic E-state index is 12.7. The lowest BCUT2D eigenvalue weighted by atomic mass is 9.61. The molecule has 2 heterocycles. The molecule has 2 fully saturated rings. The zero-order chi connectivity index (χ0) is 19.1. The van der Waals surface area contributed by atoms with E-state index in [-0.39, 0.29) is 29.4 Å². The Hall–Kier alpha value is -2.35. The number of nitrogens with one attached hydrogen (secondary N) is 1. The number of carbonyl (C=O) groups excluding carboxylic acids is 1. The summed E-state index contributed by atoms with van der Waals surface area (Å²) in [5.41, 5.74) is 1.29. The summed E-state index contributed by atoms with van der Waals surface area (Å²) in [6.07, 6.45) is 0.0551. The Labute approximate surface area is 159 Å². The third-order valence-electron chi connectivity index (χ3n) is 5.72. The molecule has 2 aromatic carbocycles. The van der Waals surface area contributed by atoms with Gasteiger partial charge in [-0.2, -0.15) is 0 Å². The minimum atomic E-state index is -1.76. The number of quaternary nitrogens is 1. The van der Waals surface area contributed by atoms with Gasteiger partial charge in [0.25, 0.3) is 5.91 Å². The van der Waals surface area contributed by atoms with Crippen molar-refractivity contribution in [3.63, 3.8) is 0 Å². The van der Waals surface area contributed by atoms with E-state index in [1.165, 1.54) is 6.07 Å². The van der Waals surface area contributed by atoms with Crippen LogP contribution in [0, 0.1) is 0 Å². The molecule has 1 amide bonds. The van der Waals surface area contributed by atoms with Crippen molar-refractivity contribution >= 4 is 18.1 Å². The Bertz CT molecular complexity index is 831. The van der Waals surface area contributed by atoms with Crippen LogP contribution in [0.2, 0.25) is 0 Å². The topological polar surface area (TPSA) is 67.8 Å². The second kappa shape index (κ2) is 6.67. The monoisotopic (exact) mass is 368 g/mol. The predicted molar refractivity (Wildman–Crippen MR) is 103 cm³/mol. The van der Waals surface area contributed by atoms with E-state index in [0.29, 0.717) is 11.1 Å². The fourth-order valence-corrected chi connectivity index (χ4v) is 4.79. The molecule has 142 valence electrons. The molecule has 6 nitrogen and oxygen atoms in total. The van der Waals surface area contributed by atoms with Crippen molar-refractivity contribution in [3.05, 3.63) is 60.2 Å². The molecule has 2 aliphatic heterocycles. The Morgan fingerprint density at radius 2 is 1.67 bits per heavy atom. The van der Waals surface area contributed by atoms with E-state index in [0.717, 1.165) is 18.6 Å². The summed E-state index contributed by atoms with van der Waals surface area (Å²) in [7, 11) is 0. The number of nitrogens with zero attached hydrogens (tertiary/aromatic N) is 1. The van der Waals surface area contributed by atoms with Crippen molar-refractivity contribution in [2.45, 2.75) is 26.1 Å². The molecule has 0 radical (unpaired) electrons. The van der Waals surface area contributed by atoms with Crippen LogP contribution in [0.1, 0.15) is 24.2 Å². The number of phenolic OH excluding ortho intramolecular Hbond substituents is 1. The largest absolute Gasteiger partial charge is 0.507 e. The van der Waals surface area contributed by atoms with Gasteiger partial charge in [-0.3, -0.25) is 4.79 Å². The van der Waals surface area contributed by atoms with Crippen LogP contribution in [0.15, 0.2) is 54.6 Å². The first-order valence-corrected chi connectivity index (χ1v) is 9.43. The van der Waals surface area contributed by atoms with E-state index in [1.54, 1.807) is 18.2 Å². The molecule has 0 unspecified atom stereocenters.